The van der Waals surface area contributed by atoms with Gasteiger partial charge in [-0.1, -0.05) is 24.3 Å². The number of rotatable bonds is 7. The minimum absolute atomic E-state index is 0.0115. The van der Waals surface area contributed by atoms with E-state index in [4.69, 9.17) is 4.98 Å². The number of thiophene rings is 1. The topological polar surface area (TPSA) is 74.2 Å². The minimum Gasteiger partial charge on any atom is -0.353 e. The third-order valence-corrected chi connectivity index (χ3v) is 7.53. The molecule has 6 rings (SSSR count). The number of anilines is 2. The molecule has 1 amide bonds. The van der Waals surface area contributed by atoms with Gasteiger partial charge >= 0.3 is 0 Å². The molecule has 5 aromatic rings. The van der Waals surface area contributed by atoms with E-state index < -0.39 is 0 Å². The van der Waals surface area contributed by atoms with Gasteiger partial charge in [-0.2, -0.15) is 11.3 Å². The Morgan fingerprint density at radius 1 is 0.895 bits per heavy atom. The first kappa shape index (κ1) is 24.2. The molecule has 0 radical (unpaired) electrons. The largest absolute Gasteiger partial charge is 0.353 e. The Hall–Kier alpha value is -4.14. The molecule has 0 spiro atoms. The highest BCUT2D eigenvalue weighted by atomic mass is 32.1. The van der Waals surface area contributed by atoms with Gasteiger partial charge in [0.25, 0.3) is 0 Å². The lowest BCUT2D eigenvalue weighted by Crippen LogP contribution is -2.46. The second-order valence-electron chi connectivity index (χ2n) is 9.49. The van der Waals surface area contributed by atoms with Gasteiger partial charge in [0.05, 0.1) is 23.7 Å². The van der Waals surface area contributed by atoms with Crippen molar-refractivity contribution in [3.05, 3.63) is 101 Å². The summed E-state index contributed by atoms with van der Waals surface area (Å²) in [6.45, 7) is 4.71. The van der Waals surface area contributed by atoms with Gasteiger partial charge in [-0.25, -0.2) is 4.98 Å². The molecule has 0 atom stereocenters. The number of piperazine rings is 1. The monoisotopic (exact) mass is 520 g/mol. The molecule has 2 aromatic carbocycles. The fourth-order valence-electron chi connectivity index (χ4n) is 4.75. The van der Waals surface area contributed by atoms with Crippen molar-refractivity contribution in [3.63, 3.8) is 0 Å². The van der Waals surface area contributed by atoms with E-state index >= 15 is 0 Å². The maximum absolute atomic E-state index is 12.3. The quantitative estimate of drug-likeness (QED) is 0.316. The number of carbonyl (C=O) groups is 1. The van der Waals surface area contributed by atoms with Gasteiger partial charge < -0.3 is 10.2 Å². The first-order valence-corrected chi connectivity index (χ1v) is 13.7. The SMILES string of the molecule is O=C(Cc1ccsc1)Nc1ccc(-c2ccc3ncc(N4CCN(Cc5cccnc5)CC4)nc3c2)cc1. The van der Waals surface area contributed by atoms with E-state index in [1.54, 1.807) is 11.3 Å². The molecule has 8 heteroatoms. The zero-order valence-corrected chi connectivity index (χ0v) is 21.8. The van der Waals surface area contributed by atoms with Crippen LogP contribution in [0.25, 0.3) is 22.2 Å². The second kappa shape index (κ2) is 11.1. The van der Waals surface area contributed by atoms with Crippen molar-refractivity contribution in [1.82, 2.24) is 19.9 Å². The molecule has 3 aromatic heterocycles. The van der Waals surface area contributed by atoms with E-state index in [1.165, 1.54) is 5.56 Å². The van der Waals surface area contributed by atoms with E-state index in [0.717, 1.165) is 72.0 Å². The fourth-order valence-corrected chi connectivity index (χ4v) is 5.42. The van der Waals surface area contributed by atoms with E-state index in [2.05, 4.69) is 43.3 Å². The first-order chi connectivity index (χ1) is 18.7. The van der Waals surface area contributed by atoms with Gasteiger partial charge in [-0.3, -0.25) is 19.7 Å². The summed E-state index contributed by atoms with van der Waals surface area (Å²) < 4.78 is 0. The second-order valence-corrected chi connectivity index (χ2v) is 10.3. The van der Waals surface area contributed by atoms with Crippen molar-refractivity contribution in [2.45, 2.75) is 13.0 Å². The summed E-state index contributed by atoms with van der Waals surface area (Å²) in [5.74, 6) is 0.905. The minimum atomic E-state index is -0.0115. The van der Waals surface area contributed by atoms with Gasteiger partial charge in [0, 0.05) is 50.8 Å². The van der Waals surface area contributed by atoms with Crippen LogP contribution in [0, 0.1) is 0 Å². The van der Waals surface area contributed by atoms with Crippen molar-refractivity contribution in [1.29, 1.82) is 0 Å². The van der Waals surface area contributed by atoms with Crippen molar-refractivity contribution < 1.29 is 4.79 Å². The van der Waals surface area contributed by atoms with Crippen LogP contribution in [0.15, 0.2) is 90.0 Å². The van der Waals surface area contributed by atoms with Crippen molar-refractivity contribution in [2.75, 3.05) is 36.4 Å². The number of carbonyl (C=O) groups excluding carboxylic acids is 1. The zero-order chi connectivity index (χ0) is 25.7. The predicted molar refractivity (Wildman–Crippen MR) is 153 cm³/mol. The summed E-state index contributed by atoms with van der Waals surface area (Å²) in [6, 6.07) is 20.2. The van der Waals surface area contributed by atoms with E-state index in [1.807, 2.05) is 71.8 Å². The van der Waals surface area contributed by atoms with Crippen LogP contribution in [0.2, 0.25) is 0 Å². The highest BCUT2D eigenvalue weighted by Gasteiger charge is 2.19. The zero-order valence-electron chi connectivity index (χ0n) is 21.0. The molecule has 1 aliphatic rings. The van der Waals surface area contributed by atoms with Crippen LogP contribution in [-0.2, 0) is 17.8 Å². The smallest absolute Gasteiger partial charge is 0.228 e. The molecular weight excluding hydrogens is 492 g/mol. The Morgan fingerprint density at radius 3 is 2.50 bits per heavy atom. The van der Waals surface area contributed by atoms with Crippen molar-refractivity contribution in [3.8, 4) is 11.1 Å². The Labute approximate surface area is 225 Å². The number of nitrogens with zero attached hydrogens (tertiary/aromatic N) is 5. The van der Waals surface area contributed by atoms with Gasteiger partial charge in [-0.15, -0.1) is 0 Å². The lowest BCUT2D eigenvalue weighted by molar-refractivity contribution is -0.115. The highest BCUT2D eigenvalue weighted by Crippen LogP contribution is 2.26. The van der Waals surface area contributed by atoms with Crippen LogP contribution in [0.1, 0.15) is 11.1 Å². The van der Waals surface area contributed by atoms with Crippen LogP contribution in [-0.4, -0.2) is 51.9 Å². The highest BCUT2D eigenvalue weighted by molar-refractivity contribution is 7.08. The number of hydrogen-bond donors (Lipinski definition) is 1. The van der Waals surface area contributed by atoms with Crippen molar-refractivity contribution >= 4 is 39.8 Å². The summed E-state index contributed by atoms with van der Waals surface area (Å²) in [5.41, 5.74) is 6.97. The van der Waals surface area contributed by atoms with E-state index in [9.17, 15) is 4.79 Å². The fraction of sp³-hybridized carbons (Fsp3) is 0.200. The Morgan fingerprint density at radius 2 is 1.74 bits per heavy atom. The lowest BCUT2D eigenvalue weighted by Gasteiger charge is -2.35. The third kappa shape index (κ3) is 5.72. The molecule has 1 saturated heterocycles. The normalized spacial score (nSPS) is 14.1. The molecule has 1 N–H and O–H groups in total. The van der Waals surface area contributed by atoms with E-state index in [-0.39, 0.29) is 5.91 Å². The number of amides is 1. The van der Waals surface area contributed by atoms with Crippen LogP contribution < -0.4 is 10.2 Å². The maximum Gasteiger partial charge on any atom is 0.228 e. The molecule has 1 aliphatic heterocycles. The first-order valence-electron chi connectivity index (χ1n) is 12.7. The third-order valence-electron chi connectivity index (χ3n) is 6.80. The predicted octanol–water partition coefficient (Wildman–Crippen LogP) is 5.26. The number of hydrogen-bond acceptors (Lipinski definition) is 7. The summed E-state index contributed by atoms with van der Waals surface area (Å²) in [5, 5.41) is 6.97. The van der Waals surface area contributed by atoms with Crippen LogP contribution >= 0.6 is 11.3 Å². The molecule has 0 bridgehead atoms. The number of pyridine rings is 1. The maximum atomic E-state index is 12.3. The Balaban J connectivity index is 1.11. The number of benzene rings is 2. The van der Waals surface area contributed by atoms with Crippen LogP contribution in [0.3, 0.4) is 0 Å². The lowest BCUT2D eigenvalue weighted by atomic mass is 10.0. The molecule has 0 unspecified atom stereocenters. The van der Waals surface area contributed by atoms with Crippen LogP contribution in [0.4, 0.5) is 11.5 Å². The number of aromatic nitrogens is 3. The molecule has 0 aliphatic carbocycles. The number of nitrogens with one attached hydrogen (secondary N) is 1. The molecule has 0 saturated carbocycles. The number of fused-ring (bicyclic) bond motifs is 1. The summed E-state index contributed by atoms with van der Waals surface area (Å²) in [6.07, 6.45) is 6.02. The van der Waals surface area contributed by atoms with Crippen molar-refractivity contribution in [2.24, 2.45) is 0 Å². The molecule has 38 heavy (non-hydrogen) atoms. The Kier molecular flexibility index (Phi) is 7.06. The summed E-state index contributed by atoms with van der Waals surface area (Å²) >= 11 is 1.60. The molecule has 4 heterocycles. The molecule has 190 valence electrons. The molecule has 7 nitrogen and oxygen atoms in total. The van der Waals surface area contributed by atoms with Gasteiger partial charge in [-0.05, 0) is 69.4 Å². The molecule has 1 fully saturated rings. The average Bonchev–Trinajstić information content (AvgIpc) is 3.47. The van der Waals surface area contributed by atoms with Crippen LogP contribution in [0.5, 0.6) is 0 Å². The summed E-state index contributed by atoms with van der Waals surface area (Å²) in [7, 11) is 0. The average molecular weight is 521 g/mol. The van der Waals surface area contributed by atoms with Gasteiger partial charge in [0.2, 0.25) is 5.91 Å². The Bertz CT molecular complexity index is 1510. The summed E-state index contributed by atoms with van der Waals surface area (Å²) in [4.78, 5) is 31.0. The standard InChI is InChI=1S/C30H28N6OS/c37-30(16-22-9-15-38-21-22)33-26-6-3-24(4-7-26)25-5-8-27-28(17-25)34-29(19-32-27)36-13-11-35(12-14-36)20-23-2-1-10-31-18-23/h1-10,15,17-19,21H,11-14,16,20H2,(H,33,37). The molecular formula is C30H28N6OS. The van der Waals surface area contributed by atoms with Gasteiger partial charge in [0.1, 0.15) is 5.82 Å². The van der Waals surface area contributed by atoms with E-state index in [0.29, 0.717) is 6.42 Å². The van der Waals surface area contributed by atoms with Gasteiger partial charge in [0.15, 0.2) is 0 Å².